The monoisotopic (exact) mass is 256 g/mol. The Labute approximate surface area is 111 Å². The van der Waals surface area contributed by atoms with Crippen LogP contribution in [0.4, 0.5) is 0 Å². The number of methoxy groups -OCH3 is 1. The van der Waals surface area contributed by atoms with Gasteiger partial charge in [0.1, 0.15) is 0 Å². The summed E-state index contributed by atoms with van der Waals surface area (Å²) in [6, 6.07) is 0.633. The Balaban J connectivity index is 1.97. The number of rotatable bonds is 8. The molecular formula is C14H28N2O2. The van der Waals surface area contributed by atoms with Crippen LogP contribution in [0.3, 0.4) is 0 Å². The maximum Gasteiger partial charge on any atom is 0.221 e. The summed E-state index contributed by atoms with van der Waals surface area (Å²) in [5.41, 5.74) is 0. The molecule has 0 unspecified atom stereocenters. The van der Waals surface area contributed by atoms with E-state index in [1.807, 2.05) is 0 Å². The molecule has 1 amide bonds. The molecule has 1 aliphatic carbocycles. The minimum absolute atomic E-state index is 0.146. The fourth-order valence-corrected chi connectivity index (χ4v) is 2.41. The first-order chi connectivity index (χ1) is 8.83. The van der Waals surface area contributed by atoms with Gasteiger partial charge in [-0.1, -0.05) is 25.7 Å². The molecule has 1 rings (SSSR count). The van der Waals surface area contributed by atoms with Crippen LogP contribution >= 0.6 is 0 Å². The van der Waals surface area contributed by atoms with E-state index in [9.17, 15) is 4.79 Å². The molecule has 2 N–H and O–H groups in total. The molecule has 4 nitrogen and oxygen atoms in total. The van der Waals surface area contributed by atoms with E-state index in [1.165, 1.54) is 38.5 Å². The summed E-state index contributed by atoms with van der Waals surface area (Å²) in [7, 11) is 1.68. The number of carbonyl (C=O) groups is 1. The van der Waals surface area contributed by atoms with E-state index in [-0.39, 0.29) is 5.91 Å². The van der Waals surface area contributed by atoms with Gasteiger partial charge in [0.15, 0.2) is 0 Å². The molecule has 106 valence electrons. The lowest BCUT2D eigenvalue weighted by molar-refractivity contribution is -0.121. The van der Waals surface area contributed by atoms with Crippen LogP contribution in [-0.4, -0.2) is 38.8 Å². The summed E-state index contributed by atoms with van der Waals surface area (Å²) in [4.78, 5) is 11.5. The van der Waals surface area contributed by atoms with Crippen molar-refractivity contribution >= 4 is 5.91 Å². The number of carbonyl (C=O) groups excluding carboxylic acids is 1. The van der Waals surface area contributed by atoms with Crippen LogP contribution < -0.4 is 10.6 Å². The predicted molar refractivity (Wildman–Crippen MR) is 73.6 cm³/mol. The Morgan fingerprint density at radius 3 is 2.56 bits per heavy atom. The van der Waals surface area contributed by atoms with Crippen molar-refractivity contribution in [3.05, 3.63) is 0 Å². The van der Waals surface area contributed by atoms with Crippen molar-refractivity contribution in [2.24, 2.45) is 0 Å². The maximum absolute atomic E-state index is 11.5. The van der Waals surface area contributed by atoms with Gasteiger partial charge < -0.3 is 15.4 Å². The van der Waals surface area contributed by atoms with Gasteiger partial charge in [-0.05, 0) is 19.3 Å². The maximum atomic E-state index is 11.5. The zero-order chi connectivity index (χ0) is 13.1. The Morgan fingerprint density at radius 2 is 1.89 bits per heavy atom. The van der Waals surface area contributed by atoms with E-state index < -0.39 is 0 Å². The standard InChI is InChI=1S/C14H28N2O2/c1-18-12-6-10-16-14(17)9-11-15-13-7-4-2-3-5-8-13/h13,15H,2-12H2,1H3,(H,16,17). The Bertz CT molecular complexity index is 214. The van der Waals surface area contributed by atoms with Crippen LogP contribution in [0.1, 0.15) is 51.4 Å². The Kier molecular flexibility index (Phi) is 8.86. The van der Waals surface area contributed by atoms with E-state index in [0.717, 1.165) is 19.5 Å². The zero-order valence-corrected chi connectivity index (χ0v) is 11.7. The van der Waals surface area contributed by atoms with Crippen molar-refractivity contribution < 1.29 is 9.53 Å². The highest BCUT2D eigenvalue weighted by Crippen LogP contribution is 2.16. The number of nitrogens with one attached hydrogen (secondary N) is 2. The van der Waals surface area contributed by atoms with Crippen molar-refractivity contribution in [1.82, 2.24) is 10.6 Å². The van der Waals surface area contributed by atoms with Gasteiger partial charge in [0, 0.05) is 39.3 Å². The molecule has 0 saturated heterocycles. The number of ether oxygens (including phenoxy) is 1. The molecule has 0 heterocycles. The molecule has 0 aromatic rings. The Hall–Kier alpha value is -0.610. The molecule has 18 heavy (non-hydrogen) atoms. The van der Waals surface area contributed by atoms with Gasteiger partial charge in [-0.15, -0.1) is 0 Å². The first-order valence-electron chi connectivity index (χ1n) is 7.32. The second kappa shape index (κ2) is 10.3. The van der Waals surface area contributed by atoms with Gasteiger partial charge in [-0.25, -0.2) is 0 Å². The van der Waals surface area contributed by atoms with Crippen LogP contribution in [0.5, 0.6) is 0 Å². The molecule has 1 saturated carbocycles. The van der Waals surface area contributed by atoms with Crippen LogP contribution in [0.2, 0.25) is 0 Å². The number of hydrogen-bond acceptors (Lipinski definition) is 3. The highest BCUT2D eigenvalue weighted by Gasteiger charge is 2.11. The van der Waals surface area contributed by atoms with Crippen molar-refractivity contribution in [1.29, 1.82) is 0 Å². The summed E-state index contributed by atoms with van der Waals surface area (Å²) in [5.74, 6) is 0.146. The van der Waals surface area contributed by atoms with E-state index >= 15 is 0 Å². The molecule has 0 atom stereocenters. The fraction of sp³-hybridized carbons (Fsp3) is 0.929. The number of hydrogen-bond donors (Lipinski definition) is 2. The van der Waals surface area contributed by atoms with Crippen molar-refractivity contribution in [2.75, 3.05) is 26.8 Å². The predicted octanol–water partition coefficient (Wildman–Crippen LogP) is 1.84. The minimum atomic E-state index is 0.146. The van der Waals surface area contributed by atoms with Gasteiger partial charge in [-0.2, -0.15) is 0 Å². The second-order valence-electron chi connectivity index (χ2n) is 5.09. The fourth-order valence-electron chi connectivity index (χ4n) is 2.41. The van der Waals surface area contributed by atoms with Gasteiger partial charge in [-0.3, -0.25) is 4.79 Å². The summed E-state index contributed by atoms with van der Waals surface area (Å²) < 4.78 is 4.93. The highest BCUT2D eigenvalue weighted by molar-refractivity contribution is 5.75. The van der Waals surface area contributed by atoms with E-state index in [1.54, 1.807) is 7.11 Å². The lowest BCUT2D eigenvalue weighted by atomic mass is 10.1. The second-order valence-corrected chi connectivity index (χ2v) is 5.09. The molecule has 0 radical (unpaired) electrons. The molecule has 0 aromatic heterocycles. The lowest BCUT2D eigenvalue weighted by Gasteiger charge is -2.15. The molecule has 4 heteroatoms. The van der Waals surface area contributed by atoms with Gasteiger partial charge in [0.2, 0.25) is 5.91 Å². The van der Waals surface area contributed by atoms with E-state index in [4.69, 9.17) is 4.74 Å². The third-order valence-electron chi connectivity index (χ3n) is 3.49. The van der Waals surface area contributed by atoms with Crippen LogP contribution in [-0.2, 0) is 9.53 Å². The summed E-state index contributed by atoms with van der Waals surface area (Å²) >= 11 is 0. The molecule has 1 aliphatic rings. The molecule has 1 fully saturated rings. The smallest absolute Gasteiger partial charge is 0.221 e. The largest absolute Gasteiger partial charge is 0.385 e. The first-order valence-corrected chi connectivity index (χ1v) is 7.32. The Morgan fingerprint density at radius 1 is 1.17 bits per heavy atom. The summed E-state index contributed by atoms with van der Waals surface area (Å²) in [5, 5.41) is 6.42. The normalized spacial score (nSPS) is 17.4. The molecule has 0 aromatic carbocycles. The van der Waals surface area contributed by atoms with Crippen molar-refractivity contribution in [2.45, 2.75) is 57.4 Å². The zero-order valence-electron chi connectivity index (χ0n) is 11.7. The van der Waals surface area contributed by atoms with Gasteiger partial charge in [0.05, 0.1) is 0 Å². The topological polar surface area (TPSA) is 50.4 Å². The SMILES string of the molecule is COCCCNC(=O)CCNC1CCCCCC1. The van der Waals surface area contributed by atoms with Crippen LogP contribution in [0, 0.1) is 0 Å². The average molecular weight is 256 g/mol. The van der Waals surface area contributed by atoms with E-state index in [2.05, 4.69) is 10.6 Å². The van der Waals surface area contributed by atoms with Crippen molar-refractivity contribution in [3.63, 3.8) is 0 Å². The number of amides is 1. The molecule has 0 spiro atoms. The van der Waals surface area contributed by atoms with Gasteiger partial charge in [0.25, 0.3) is 0 Å². The third-order valence-corrected chi connectivity index (χ3v) is 3.49. The summed E-state index contributed by atoms with van der Waals surface area (Å²) in [6.07, 6.45) is 9.44. The van der Waals surface area contributed by atoms with Crippen LogP contribution in [0.15, 0.2) is 0 Å². The molecule has 0 bridgehead atoms. The van der Waals surface area contributed by atoms with Gasteiger partial charge >= 0.3 is 0 Å². The van der Waals surface area contributed by atoms with Crippen LogP contribution in [0.25, 0.3) is 0 Å². The molecular weight excluding hydrogens is 228 g/mol. The third kappa shape index (κ3) is 7.67. The quantitative estimate of drug-likeness (QED) is 0.515. The summed E-state index contributed by atoms with van der Waals surface area (Å²) in [6.45, 7) is 2.23. The first kappa shape index (κ1) is 15.4. The highest BCUT2D eigenvalue weighted by atomic mass is 16.5. The average Bonchev–Trinajstić information content (AvgIpc) is 2.63. The van der Waals surface area contributed by atoms with Crippen molar-refractivity contribution in [3.8, 4) is 0 Å². The van der Waals surface area contributed by atoms with E-state index in [0.29, 0.717) is 19.1 Å². The lowest BCUT2D eigenvalue weighted by Crippen LogP contribution is -2.33. The minimum Gasteiger partial charge on any atom is -0.385 e. The molecule has 0 aliphatic heterocycles.